The highest BCUT2D eigenvalue weighted by molar-refractivity contribution is 5.99. The molecule has 3 rings (SSSR count). The fourth-order valence-electron chi connectivity index (χ4n) is 3.53. The first-order valence-electron chi connectivity index (χ1n) is 9.50. The van der Waals surface area contributed by atoms with E-state index in [1.54, 1.807) is 51.1 Å². The van der Waals surface area contributed by atoms with E-state index < -0.39 is 12.6 Å². The van der Waals surface area contributed by atoms with Crippen molar-refractivity contribution in [2.24, 2.45) is 0 Å². The summed E-state index contributed by atoms with van der Waals surface area (Å²) < 4.78 is 12.2. The van der Waals surface area contributed by atoms with E-state index in [-0.39, 0.29) is 18.0 Å². The molecule has 0 aliphatic rings. The molecular formula is C22H24N2O5. The number of aliphatic hydroxyl groups excluding tert-OH is 1. The molecule has 2 aromatic carbocycles. The first-order chi connectivity index (χ1) is 13.9. The SMILES string of the molecule is CCOC(=O)c1c(C)cc2nc(CO)n(-c3ccccc3OCC)c(=O)c2c1C. The Morgan fingerprint density at radius 2 is 1.90 bits per heavy atom. The van der Waals surface area contributed by atoms with Crippen molar-refractivity contribution in [3.63, 3.8) is 0 Å². The van der Waals surface area contributed by atoms with E-state index in [9.17, 15) is 14.7 Å². The molecule has 1 N–H and O–H groups in total. The number of aryl methyl sites for hydroxylation is 2. The summed E-state index contributed by atoms with van der Waals surface area (Å²) in [6.07, 6.45) is 0. The molecule has 29 heavy (non-hydrogen) atoms. The normalized spacial score (nSPS) is 10.9. The topological polar surface area (TPSA) is 90.7 Å². The minimum Gasteiger partial charge on any atom is -0.492 e. The van der Waals surface area contributed by atoms with Gasteiger partial charge >= 0.3 is 5.97 Å². The van der Waals surface area contributed by atoms with Crippen molar-refractivity contribution in [2.45, 2.75) is 34.3 Å². The maximum atomic E-state index is 13.5. The standard InChI is InChI=1S/C22H24N2O5/c1-5-28-17-10-8-7-9-16(17)24-18(12-25)23-15-11-13(3)19(22(27)29-6-2)14(4)20(15)21(24)26/h7-11,25H,5-6,12H2,1-4H3. The zero-order valence-corrected chi connectivity index (χ0v) is 17.0. The molecule has 7 nitrogen and oxygen atoms in total. The minimum absolute atomic E-state index is 0.192. The first kappa shape index (κ1) is 20.5. The Morgan fingerprint density at radius 1 is 1.17 bits per heavy atom. The smallest absolute Gasteiger partial charge is 0.338 e. The highest BCUT2D eigenvalue weighted by Gasteiger charge is 2.22. The molecule has 0 fully saturated rings. The van der Waals surface area contributed by atoms with Crippen LogP contribution in [0.2, 0.25) is 0 Å². The lowest BCUT2D eigenvalue weighted by Gasteiger charge is -2.18. The third-order valence-electron chi connectivity index (χ3n) is 4.71. The van der Waals surface area contributed by atoms with Gasteiger partial charge in [-0.2, -0.15) is 0 Å². The van der Waals surface area contributed by atoms with Gasteiger partial charge in [0.05, 0.1) is 35.4 Å². The van der Waals surface area contributed by atoms with E-state index in [0.29, 0.717) is 45.6 Å². The van der Waals surface area contributed by atoms with E-state index in [4.69, 9.17) is 9.47 Å². The largest absolute Gasteiger partial charge is 0.492 e. The summed E-state index contributed by atoms with van der Waals surface area (Å²) >= 11 is 0. The van der Waals surface area contributed by atoms with E-state index in [1.807, 2.05) is 6.92 Å². The molecule has 7 heteroatoms. The van der Waals surface area contributed by atoms with Crippen LogP contribution in [-0.2, 0) is 11.3 Å². The third kappa shape index (κ3) is 3.61. The Bertz CT molecular complexity index is 1130. The van der Waals surface area contributed by atoms with Crippen LogP contribution in [0.25, 0.3) is 16.6 Å². The van der Waals surface area contributed by atoms with Gasteiger partial charge in [0.15, 0.2) is 0 Å². The van der Waals surface area contributed by atoms with Crippen LogP contribution in [0.4, 0.5) is 0 Å². The zero-order chi connectivity index (χ0) is 21.1. The molecule has 0 bridgehead atoms. The lowest BCUT2D eigenvalue weighted by Crippen LogP contribution is -2.26. The lowest BCUT2D eigenvalue weighted by molar-refractivity contribution is 0.0525. The summed E-state index contributed by atoms with van der Waals surface area (Å²) in [6.45, 7) is 7.30. The number of carbonyl (C=O) groups is 1. The van der Waals surface area contributed by atoms with Gasteiger partial charge in [0.2, 0.25) is 0 Å². The maximum absolute atomic E-state index is 13.5. The van der Waals surface area contributed by atoms with Crippen LogP contribution in [0.3, 0.4) is 0 Å². The number of fused-ring (bicyclic) bond motifs is 1. The van der Waals surface area contributed by atoms with Crippen LogP contribution < -0.4 is 10.3 Å². The van der Waals surface area contributed by atoms with Crippen LogP contribution >= 0.6 is 0 Å². The van der Waals surface area contributed by atoms with Crippen molar-refractivity contribution < 1.29 is 19.4 Å². The number of hydrogen-bond acceptors (Lipinski definition) is 6. The summed E-state index contributed by atoms with van der Waals surface area (Å²) in [5, 5.41) is 10.2. The van der Waals surface area contributed by atoms with Gasteiger partial charge in [-0.3, -0.25) is 9.36 Å². The van der Waals surface area contributed by atoms with Crippen molar-refractivity contribution >= 4 is 16.9 Å². The quantitative estimate of drug-likeness (QED) is 0.644. The van der Waals surface area contributed by atoms with Gasteiger partial charge in [-0.25, -0.2) is 9.78 Å². The predicted octanol–water partition coefficient (Wildman–Crippen LogP) is 3.07. The fraction of sp³-hybridized carbons (Fsp3) is 0.318. The van der Waals surface area contributed by atoms with Crippen LogP contribution in [0.15, 0.2) is 35.1 Å². The Kier molecular flexibility index (Phi) is 5.98. The van der Waals surface area contributed by atoms with Crippen LogP contribution in [-0.4, -0.2) is 33.8 Å². The monoisotopic (exact) mass is 396 g/mol. The molecule has 0 amide bonds. The molecular weight excluding hydrogens is 372 g/mol. The number of aromatic nitrogens is 2. The molecule has 3 aromatic rings. The summed E-state index contributed by atoms with van der Waals surface area (Å²) in [7, 11) is 0. The van der Waals surface area contributed by atoms with Crippen molar-refractivity contribution in [3.8, 4) is 11.4 Å². The highest BCUT2D eigenvalue weighted by Crippen LogP contribution is 2.27. The van der Waals surface area contributed by atoms with Gasteiger partial charge in [0, 0.05) is 0 Å². The second kappa shape index (κ2) is 8.45. The molecule has 152 valence electrons. The van der Waals surface area contributed by atoms with Gasteiger partial charge < -0.3 is 14.6 Å². The van der Waals surface area contributed by atoms with Crippen LogP contribution in [0.5, 0.6) is 5.75 Å². The molecule has 0 aliphatic carbocycles. The number of esters is 1. The number of para-hydroxylation sites is 2. The first-order valence-corrected chi connectivity index (χ1v) is 9.50. The van der Waals surface area contributed by atoms with Crippen LogP contribution in [0.1, 0.15) is 41.2 Å². The molecule has 0 radical (unpaired) electrons. The summed E-state index contributed by atoms with van der Waals surface area (Å²) in [5.74, 6) is 0.219. The van der Waals surface area contributed by atoms with E-state index in [1.165, 1.54) is 4.57 Å². The van der Waals surface area contributed by atoms with Gasteiger partial charge in [0.25, 0.3) is 5.56 Å². The molecule has 0 saturated carbocycles. The van der Waals surface area contributed by atoms with Gasteiger partial charge in [-0.1, -0.05) is 12.1 Å². The number of rotatable bonds is 6. The average Bonchev–Trinajstić information content (AvgIpc) is 2.68. The van der Waals surface area contributed by atoms with Crippen molar-refractivity contribution in [1.29, 1.82) is 0 Å². The second-order valence-electron chi connectivity index (χ2n) is 6.54. The molecule has 0 aliphatic heterocycles. The molecule has 0 spiro atoms. The number of carbonyl (C=O) groups excluding carboxylic acids is 1. The van der Waals surface area contributed by atoms with Crippen molar-refractivity contribution in [1.82, 2.24) is 9.55 Å². The Balaban J connectivity index is 2.40. The molecule has 0 unspecified atom stereocenters. The fourth-order valence-corrected chi connectivity index (χ4v) is 3.53. The molecule has 1 aromatic heterocycles. The average molecular weight is 396 g/mol. The summed E-state index contributed by atoms with van der Waals surface area (Å²) in [4.78, 5) is 30.5. The number of hydrogen-bond donors (Lipinski definition) is 1. The maximum Gasteiger partial charge on any atom is 0.338 e. The van der Waals surface area contributed by atoms with Crippen LogP contribution in [0, 0.1) is 13.8 Å². The Hall–Kier alpha value is -3.19. The van der Waals surface area contributed by atoms with E-state index in [0.717, 1.165) is 0 Å². The number of ether oxygens (including phenoxy) is 2. The van der Waals surface area contributed by atoms with Crippen molar-refractivity contribution in [3.05, 3.63) is 63.2 Å². The minimum atomic E-state index is -0.476. The molecule has 0 saturated heterocycles. The van der Waals surface area contributed by atoms with Gasteiger partial charge in [0.1, 0.15) is 18.2 Å². The molecule has 0 atom stereocenters. The van der Waals surface area contributed by atoms with E-state index in [2.05, 4.69) is 4.98 Å². The summed E-state index contributed by atoms with van der Waals surface area (Å²) in [5.41, 5.74) is 2.05. The van der Waals surface area contributed by atoms with E-state index >= 15 is 0 Å². The summed E-state index contributed by atoms with van der Waals surface area (Å²) in [6, 6.07) is 8.74. The second-order valence-corrected chi connectivity index (χ2v) is 6.54. The number of aliphatic hydroxyl groups is 1. The van der Waals surface area contributed by atoms with Gasteiger partial charge in [-0.05, 0) is 57.0 Å². The Labute approximate surface area is 168 Å². The third-order valence-corrected chi connectivity index (χ3v) is 4.71. The lowest BCUT2D eigenvalue weighted by atomic mass is 9.98. The zero-order valence-electron chi connectivity index (χ0n) is 17.0. The Morgan fingerprint density at radius 3 is 2.55 bits per heavy atom. The predicted molar refractivity (Wildman–Crippen MR) is 110 cm³/mol. The van der Waals surface area contributed by atoms with Gasteiger partial charge in [-0.15, -0.1) is 0 Å². The molecule has 1 heterocycles. The van der Waals surface area contributed by atoms with Crippen molar-refractivity contribution in [2.75, 3.05) is 13.2 Å². The number of benzene rings is 2. The highest BCUT2D eigenvalue weighted by atomic mass is 16.5. The number of nitrogens with zero attached hydrogens (tertiary/aromatic N) is 2.